The SMILES string of the molecule is COc1ccc(-c2[nH]c(=O)sc2CN2CCCNCC2)cc1C. The lowest BCUT2D eigenvalue weighted by Gasteiger charge is -2.19. The molecule has 2 heterocycles. The molecule has 0 bridgehead atoms. The number of benzene rings is 1. The lowest BCUT2D eigenvalue weighted by atomic mass is 10.1. The fourth-order valence-electron chi connectivity index (χ4n) is 3.00. The van der Waals surface area contributed by atoms with Crippen LogP contribution < -0.4 is 14.9 Å². The molecule has 1 fully saturated rings. The Bertz CT molecular complexity index is 715. The molecule has 0 unspecified atom stereocenters. The Morgan fingerprint density at radius 3 is 2.96 bits per heavy atom. The Morgan fingerprint density at radius 2 is 2.17 bits per heavy atom. The summed E-state index contributed by atoms with van der Waals surface area (Å²) in [5, 5.41) is 3.41. The molecule has 0 spiro atoms. The van der Waals surface area contributed by atoms with Crippen molar-refractivity contribution in [2.45, 2.75) is 19.9 Å². The van der Waals surface area contributed by atoms with Gasteiger partial charge >= 0.3 is 4.87 Å². The highest BCUT2D eigenvalue weighted by molar-refractivity contribution is 7.09. The zero-order valence-electron chi connectivity index (χ0n) is 13.6. The monoisotopic (exact) mass is 333 g/mol. The van der Waals surface area contributed by atoms with Gasteiger partial charge in [-0.2, -0.15) is 0 Å². The maximum Gasteiger partial charge on any atom is 0.305 e. The van der Waals surface area contributed by atoms with Crippen LogP contribution in [0.25, 0.3) is 11.3 Å². The van der Waals surface area contributed by atoms with Crippen molar-refractivity contribution >= 4 is 11.3 Å². The van der Waals surface area contributed by atoms with Gasteiger partial charge in [-0.05, 0) is 55.8 Å². The largest absolute Gasteiger partial charge is 0.496 e. The number of rotatable bonds is 4. The van der Waals surface area contributed by atoms with E-state index in [2.05, 4.69) is 21.3 Å². The number of aromatic amines is 1. The molecule has 0 atom stereocenters. The number of hydrogen-bond donors (Lipinski definition) is 2. The third kappa shape index (κ3) is 3.83. The van der Waals surface area contributed by atoms with Crippen molar-refractivity contribution < 1.29 is 4.74 Å². The molecule has 23 heavy (non-hydrogen) atoms. The first-order valence-electron chi connectivity index (χ1n) is 7.97. The fraction of sp³-hybridized carbons (Fsp3) is 0.471. The van der Waals surface area contributed by atoms with Crippen LogP contribution in [0.1, 0.15) is 16.9 Å². The highest BCUT2D eigenvalue weighted by Gasteiger charge is 2.16. The van der Waals surface area contributed by atoms with E-state index in [1.807, 2.05) is 19.1 Å². The summed E-state index contributed by atoms with van der Waals surface area (Å²) in [6, 6.07) is 6.04. The number of nitrogens with zero attached hydrogens (tertiary/aromatic N) is 1. The quantitative estimate of drug-likeness (QED) is 0.901. The van der Waals surface area contributed by atoms with Gasteiger partial charge in [-0.1, -0.05) is 11.3 Å². The van der Waals surface area contributed by atoms with Gasteiger partial charge in [0.2, 0.25) is 0 Å². The molecule has 0 saturated carbocycles. The second-order valence-electron chi connectivity index (χ2n) is 5.88. The Hall–Kier alpha value is -1.63. The van der Waals surface area contributed by atoms with Gasteiger partial charge in [-0.25, -0.2) is 0 Å². The van der Waals surface area contributed by atoms with Crippen molar-refractivity contribution in [2.75, 3.05) is 33.3 Å². The number of aromatic nitrogens is 1. The van der Waals surface area contributed by atoms with Crippen LogP contribution in [0.4, 0.5) is 0 Å². The molecule has 3 rings (SSSR count). The summed E-state index contributed by atoms with van der Waals surface area (Å²) in [6.45, 7) is 7.02. The maximum atomic E-state index is 11.9. The maximum absolute atomic E-state index is 11.9. The van der Waals surface area contributed by atoms with Crippen LogP contribution >= 0.6 is 11.3 Å². The van der Waals surface area contributed by atoms with Gasteiger partial charge in [0.05, 0.1) is 12.8 Å². The van der Waals surface area contributed by atoms with Crippen molar-refractivity contribution in [3.63, 3.8) is 0 Å². The predicted molar refractivity (Wildman–Crippen MR) is 94.4 cm³/mol. The molecule has 0 aliphatic carbocycles. The average molecular weight is 333 g/mol. The van der Waals surface area contributed by atoms with Gasteiger partial charge in [0.1, 0.15) is 5.75 Å². The van der Waals surface area contributed by atoms with Crippen molar-refractivity contribution in [2.24, 2.45) is 0 Å². The van der Waals surface area contributed by atoms with Gasteiger partial charge in [-0.3, -0.25) is 9.69 Å². The molecule has 1 aromatic heterocycles. The molecular formula is C17H23N3O2S. The summed E-state index contributed by atoms with van der Waals surface area (Å²) in [7, 11) is 1.67. The number of aryl methyl sites for hydroxylation is 1. The molecule has 0 radical (unpaired) electrons. The number of ether oxygens (including phenoxy) is 1. The van der Waals surface area contributed by atoms with Crippen molar-refractivity contribution in [1.82, 2.24) is 15.2 Å². The first-order valence-corrected chi connectivity index (χ1v) is 8.79. The number of thiazole rings is 1. The molecule has 2 N–H and O–H groups in total. The van der Waals surface area contributed by atoms with Crippen LogP contribution in [0.15, 0.2) is 23.0 Å². The third-order valence-electron chi connectivity index (χ3n) is 4.21. The average Bonchev–Trinajstić information content (AvgIpc) is 2.73. The number of hydrogen-bond acceptors (Lipinski definition) is 5. The standard InChI is InChI=1S/C17H23N3O2S/c1-12-10-13(4-5-14(12)22-2)16-15(23-17(21)19-16)11-20-8-3-6-18-7-9-20/h4-5,10,18H,3,6-9,11H2,1-2H3,(H,19,21). The summed E-state index contributed by atoms with van der Waals surface area (Å²) in [5.74, 6) is 0.867. The number of H-pyrrole nitrogens is 1. The van der Waals surface area contributed by atoms with Gasteiger partial charge in [0.25, 0.3) is 0 Å². The van der Waals surface area contributed by atoms with Crippen LogP contribution in [0, 0.1) is 6.92 Å². The van der Waals surface area contributed by atoms with Crippen molar-refractivity contribution in [1.29, 1.82) is 0 Å². The lowest BCUT2D eigenvalue weighted by Crippen LogP contribution is -2.27. The van der Waals surface area contributed by atoms with E-state index in [0.29, 0.717) is 0 Å². The normalized spacial score (nSPS) is 16.3. The van der Waals surface area contributed by atoms with E-state index in [9.17, 15) is 4.79 Å². The van der Waals surface area contributed by atoms with Gasteiger partial charge < -0.3 is 15.0 Å². The highest BCUT2D eigenvalue weighted by atomic mass is 32.1. The van der Waals surface area contributed by atoms with Crippen LogP contribution in [0.3, 0.4) is 0 Å². The molecule has 124 valence electrons. The molecule has 1 aliphatic heterocycles. The second-order valence-corrected chi connectivity index (χ2v) is 6.94. The highest BCUT2D eigenvalue weighted by Crippen LogP contribution is 2.29. The second kappa shape index (κ2) is 7.29. The van der Waals surface area contributed by atoms with Crippen molar-refractivity contribution in [3.05, 3.63) is 38.3 Å². The van der Waals surface area contributed by atoms with E-state index in [-0.39, 0.29) is 4.87 Å². The summed E-state index contributed by atoms with van der Waals surface area (Å²) in [5.41, 5.74) is 3.06. The lowest BCUT2D eigenvalue weighted by molar-refractivity contribution is 0.287. The van der Waals surface area contributed by atoms with Gasteiger partial charge in [-0.15, -0.1) is 0 Å². The van der Waals surface area contributed by atoms with Gasteiger partial charge in [0, 0.05) is 24.5 Å². The zero-order valence-corrected chi connectivity index (χ0v) is 14.5. The van der Waals surface area contributed by atoms with Crippen LogP contribution in [-0.4, -0.2) is 43.2 Å². The minimum Gasteiger partial charge on any atom is -0.496 e. The molecule has 1 saturated heterocycles. The summed E-state index contributed by atoms with van der Waals surface area (Å²) >= 11 is 1.32. The molecule has 5 nitrogen and oxygen atoms in total. The summed E-state index contributed by atoms with van der Waals surface area (Å²) in [6.07, 6.45) is 1.15. The Morgan fingerprint density at radius 1 is 1.30 bits per heavy atom. The van der Waals surface area contributed by atoms with E-state index in [1.165, 1.54) is 11.3 Å². The Balaban J connectivity index is 1.88. The number of nitrogens with one attached hydrogen (secondary N) is 2. The topological polar surface area (TPSA) is 57.4 Å². The molecular weight excluding hydrogens is 310 g/mol. The molecule has 2 aromatic rings. The van der Waals surface area contributed by atoms with E-state index < -0.39 is 0 Å². The summed E-state index contributed by atoms with van der Waals surface area (Å²) in [4.78, 5) is 18.5. The number of methoxy groups -OCH3 is 1. The van der Waals surface area contributed by atoms with E-state index in [0.717, 1.165) is 66.6 Å². The third-order valence-corrected chi connectivity index (χ3v) is 5.07. The van der Waals surface area contributed by atoms with E-state index >= 15 is 0 Å². The molecule has 0 amide bonds. The smallest absolute Gasteiger partial charge is 0.305 e. The zero-order chi connectivity index (χ0) is 16.2. The predicted octanol–water partition coefficient (Wildman–Crippen LogP) is 2.22. The Labute approximate surface area is 140 Å². The van der Waals surface area contributed by atoms with Crippen LogP contribution in [0.2, 0.25) is 0 Å². The molecule has 1 aromatic carbocycles. The minimum atomic E-state index is 0.0106. The van der Waals surface area contributed by atoms with Crippen LogP contribution in [0.5, 0.6) is 5.75 Å². The minimum absolute atomic E-state index is 0.0106. The van der Waals surface area contributed by atoms with Crippen LogP contribution in [-0.2, 0) is 6.54 Å². The fourth-order valence-corrected chi connectivity index (χ4v) is 3.90. The van der Waals surface area contributed by atoms with E-state index in [1.54, 1.807) is 7.11 Å². The summed E-state index contributed by atoms with van der Waals surface area (Å²) < 4.78 is 5.32. The first kappa shape index (κ1) is 16.2. The van der Waals surface area contributed by atoms with E-state index in [4.69, 9.17) is 4.74 Å². The first-order chi connectivity index (χ1) is 11.2. The molecule has 1 aliphatic rings. The Kier molecular flexibility index (Phi) is 5.15. The molecule has 6 heteroatoms. The van der Waals surface area contributed by atoms with Crippen molar-refractivity contribution in [3.8, 4) is 17.0 Å². The van der Waals surface area contributed by atoms with Gasteiger partial charge in [0.15, 0.2) is 0 Å².